The number of hydrogen-bond acceptors (Lipinski definition) is 6. The summed E-state index contributed by atoms with van der Waals surface area (Å²) in [4.78, 5) is 25.1. The smallest absolute Gasteiger partial charge is 0.343 e. The Morgan fingerprint density at radius 2 is 1.56 bits per heavy atom. The Bertz CT molecular complexity index is 1080. The molecule has 0 bridgehead atoms. The number of allylic oxidation sites excluding steroid dienone is 2. The minimum absolute atomic E-state index is 0.354. The number of carbonyl (C=O) groups excluding carboxylic acids is 2. The van der Waals surface area contributed by atoms with E-state index in [1.54, 1.807) is 74.5 Å². The first-order chi connectivity index (χ1) is 17.4. The molecule has 0 unspecified atom stereocenters. The molecule has 6 heteroatoms. The van der Waals surface area contributed by atoms with Crippen LogP contribution >= 0.6 is 0 Å². The van der Waals surface area contributed by atoms with Gasteiger partial charge in [-0.15, -0.1) is 0 Å². The SMILES string of the molecule is C=C(/C=C\C(=C/C)C(=O)Oc1ccc(OC(=O)c2ccc(OCCCC)cc2)cc1C)OCCCC. The molecule has 0 aliphatic heterocycles. The van der Waals surface area contributed by atoms with E-state index in [9.17, 15) is 9.59 Å². The summed E-state index contributed by atoms with van der Waals surface area (Å²) >= 11 is 0. The first kappa shape index (κ1) is 28.4. The summed E-state index contributed by atoms with van der Waals surface area (Å²) in [7, 11) is 0. The molecule has 2 aromatic carbocycles. The number of ether oxygens (including phenoxy) is 4. The molecule has 0 saturated heterocycles. The lowest BCUT2D eigenvalue weighted by molar-refractivity contribution is -0.129. The van der Waals surface area contributed by atoms with Gasteiger partial charge in [-0.05, 0) is 86.9 Å². The summed E-state index contributed by atoms with van der Waals surface area (Å²) in [5, 5.41) is 0. The minimum atomic E-state index is -0.510. The largest absolute Gasteiger partial charge is 0.494 e. The molecule has 36 heavy (non-hydrogen) atoms. The van der Waals surface area contributed by atoms with E-state index in [0.29, 0.717) is 52.9 Å². The zero-order valence-corrected chi connectivity index (χ0v) is 21.7. The number of unbranched alkanes of at least 4 members (excludes halogenated alkanes) is 2. The van der Waals surface area contributed by atoms with E-state index in [1.165, 1.54) is 0 Å². The summed E-state index contributed by atoms with van der Waals surface area (Å²) in [6.45, 7) is 12.8. The molecule has 0 saturated carbocycles. The van der Waals surface area contributed by atoms with Crippen molar-refractivity contribution in [2.24, 2.45) is 0 Å². The fraction of sp³-hybridized carbons (Fsp3) is 0.333. The maximum atomic E-state index is 12.6. The summed E-state index contributed by atoms with van der Waals surface area (Å²) in [6.07, 6.45) is 8.92. The quantitative estimate of drug-likeness (QED) is 0.0697. The van der Waals surface area contributed by atoms with Crippen LogP contribution in [0.25, 0.3) is 0 Å². The molecule has 2 rings (SSSR count). The van der Waals surface area contributed by atoms with Crippen molar-refractivity contribution in [1.29, 1.82) is 0 Å². The third kappa shape index (κ3) is 9.45. The highest BCUT2D eigenvalue weighted by molar-refractivity contribution is 5.93. The van der Waals surface area contributed by atoms with Crippen LogP contribution < -0.4 is 14.2 Å². The molecular formula is C30H36O6. The first-order valence-corrected chi connectivity index (χ1v) is 12.3. The van der Waals surface area contributed by atoms with Crippen LogP contribution in [0.4, 0.5) is 0 Å². The lowest BCUT2D eigenvalue weighted by Gasteiger charge is -2.11. The monoisotopic (exact) mass is 492 g/mol. The van der Waals surface area contributed by atoms with Gasteiger partial charge in [0, 0.05) is 0 Å². The lowest BCUT2D eigenvalue weighted by atomic mass is 10.2. The minimum Gasteiger partial charge on any atom is -0.494 e. The molecule has 0 heterocycles. The number of hydrogen-bond donors (Lipinski definition) is 0. The van der Waals surface area contributed by atoms with Gasteiger partial charge >= 0.3 is 11.9 Å². The Hall–Kier alpha value is -3.80. The van der Waals surface area contributed by atoms with Crippen LogP contribution in [0, 0.1) is 6.92 Å². The van der Waals surface area contributed by atoms with Gasteiger partial charge in [0.2, 0.25) is 0 Å². The van der Waals surface area contributed by atoms with Crippen molar-refractivity contribution in [1.82, 2.24) is 0 Å². The Kier molecular flexibility index (Phi) is 12.0. The van der Waals surface area contributed by atoms with Crippen LogP contribution in [0.3, 0.4) is 0 Å². The molecule has 0 radical (unpaired) electrons. The standard InChI is InChI=1S/C30H36O6/c1-6-9-19-33-23(5)11-12-24(8-3)29(31)36-28-18-17-27(21-22(28)4)35-30(32)25-13-15-26(16-14-25)34-20-10-7-2/h8,11-18,21H,5-7,9-10,19-20H2,1-4H3/b12-11-,24-8+. The lowest BCUT2D eigenvalue weighted by Crippen LogP contribution is -2.11. The van der Waals surface area contributed by atoms with Gasteiger partial charge in [0.25, 0.3) is 0 Å². The predicted octanol–water partition coefficient (Wildman–Crippen LogP) is 7.13. The van der Waals surface area contributed by atoms with E-state index in [2.05, 4.69) is 20.4 Å². The van der Waals surface area contributed by atoms with Gasteiger partial charge in [-0.25, -0.2) is 9.59 Å². The molecule has 6 nitrogen and oxygen atoms in total. The third-order valence-corrected chi connectivity index (χ3v) is 5.20. The van der Waals surface area contributed by atoms with Crippen LogP contribution in [0.2, 0.25) is 0 Å². The summed E-state index contributed by atoms with van der Waals surface area (Å²) in [5.41, 5.74) is 1.43. The van der Waals surface area contributed by atoms with Gasteiger partial charge in [0.05, 0.1) is 24.4 Å². The first-order valence-electron chi connectivity index (χ1n) is 12.3. The third-order valence-electron chi connectivity index (χ3n) is 5.20. The molecule has 192 valence electrons. The molecule has 2 aromatic rings. The number of carbonyl (C=O) groups is 2. The van der Waals surface area contributed by atoms with Crippen molar-refractivity contribution in [2.75, 3.05) is 13.2 Å². The molecule has 0 aliphatic carbocycles. The highest BCUT2D eigenvalue weighted by atomic mass is 16.5. The Morgan fingerprint density at radius 3 is 2.19 bits per heavy atom. The molecule has 0 spiro atoms. The highest BCUT2D eigenvalue weighted by Gasteiger charge is 2.14. The fourth-order valence-electron chi connectivity index (χ4n) is 3.01. The fourth-order valence-corrected chi connectivity index (χ4v) is 3.01. The Labute approximate surface area is 214 Å². The summed E-state index contributed by atoms with van der Waals surface area (Å²) in [5.74, 6) is 0.930. The van der Waals surface area contributed by atoms with Crippen molar-refractivity contribution in [3.63, 3.8) is 0 Å². The molecule has 0 amide bonds. The maximum absolute atomic E-state index is 12.6. The van der Waals surface area contributed by atoms with Crippen LogP contribution in [0.5, 0.6) is 17.2 Å². The normalized spacial score (nSPS) is 11.3. The van der Waals surface area contributed by atoms with Crippen molar-refractivity contribution in [3.05, 3.63) is 89.7 Å². The molecule has 0 N–H and O–H groups in total. The van der Waals surface area contributed by atoms with Gasteiger partial charge in [-0.3, -0.25) is 0 Å². The Balaban J connectivity index is 1.96. The van der Waals surface area contributed by atoms with Crippen LogP contribution in [-0.2, 0) is 9.53 Å². The average Bonchev–Trinajstić information content (AvgIpc) is 2.86. The zero-order chi connectivity index (χ0) is 26.3. The Morgan fingerprint density at radius 1 is 0.889 bits per heavy atom. The van der Waals surface area contributed by atoms with Crippen LogP contribution in [0.1, 0.15) is 62.4 Å². The summed E-state index contributed by atoms with van der Waals surface area (Å²) in [6, 6.07) is 11.7. The highest BCUT2D eigenvalue weighted by Crippen LogP contribution is 2.25. The van der Waals surface area contributed by atoms with Crippen LogP contribution in [-0.4, -0.2) is 25.2 Å². The number of aryl methyl sites for hydroxylation is 1. The number of rotatable bonds is 14. The second kappa shape index (κ2) is 15.2. The molecule has 0 aromatic heterocycles. The number of esters is 2. The van der Waals surface area contributed by atoms with Gasteiger partial charge in [-0.1, -0.05) is 39.3 Å². The van der Waals surface area contributed by atoms with Gasteiger partial charge < -0.3 is 18.9 Å². The van der Waals surface area contributed by atoms with Crippen LogP contribution in [0.15, 0.2) is 78.6 Å². The van der Waals surface area contributed by atoms with Gasteiger partial charge in [0.1, 0.15) is 23.0 Å². The van der Waals surface area contributed by atoms with E-state index in [4.69, 9.17) is 18.9 Å². The van der Waals surface area contributed by atoms with E-state index in [1.807, 2.05) is 0 Å². The van der Waals surface area contributed by atoms with Crippen molar-refractivity contribution < 1.29 is 28.5 Å². The second-order valence-electron chi connectivity index (χ2n) is 8.18. The molecule has 0 aliphatic rings. The van der Waals surface area contributed by atoms with Crippen molar-refractivity contribution >= 4 is 11.9 Å². The topological polar surface area (TPSA) is 71.1 Å². The second-order valence-corrected chi connectivity index (χ2v) is 8.18. The predicted molar refractivity (Wildman–Crippen MR) is 142 cm³/mol. The zero-order valence-electron chi connectivity index (χ0n) is 21.7. The van der Waals surface area contributed by atoms with Crippen molar-refractivity contribution in [3.8, 4) is 17.2 Å². The molecule has 0 atom stereocenters. The average molecular weight is 493 g/mol. The van der Waals surface area contributed by atoms with E-state index in [0.717, 1.165) is 25.7 Å². The van der Waals surface area contributed by atoms with E-state index < -0.39 is 11.9 Å². The van der Waals surface area contributed by atoms with Gasteiger partial charge in [0.15, 0.2) is 0 Å². The van der Waals surface area contributed by atoms with Gasteiger partial charge in [-0.2, -0.15) is 0 Å². The summed E-state index contributed by atoms with van der Waals surface area (Å²) < 4.78 is 22.1. The van der Waals surface area contributed by atoms with E-state index >= 15 is 0 Å². The molecular weight excluding hydrogens is 456 g/mol. The maximum Gasteiger partial charge on any atom is 0.343 e. The number of benzene rings is 2. The van der Waals surface area contributed by atoms with Crippen molar-refractivity contribution in [2.45, 2.75) is 53.4 Å². The molecule has 0 fully saturated rings. The van der Waals surface area contributed by atoms with E-state index in [-0.39, 0.29) is 0 Å².